The zero-order valence-electron chi connectivity index (χ0n) is 10.2. The van der Waals surface area contributed by atoms with Gasteiger partial charge in [0.1, 0.15) is 0 Å². The molecule has 0 saturated heterocycles. The van der Waals surface area contributed by atoms with Crippen LogP contribution in [0.2, 0.25) is 0 Å². The Bertz CT molecular complexity index is 315. The lowest BCUT2D eigenvalue weighted by atomic mass is 10.2. The molecule has 5 heteroatoms. The first-order valence-corrected chi connectivity index (χ1v) is 7.94. The Labute approximate surface area is 88.8 Å². The zero-order chi connectivity index (χ0) is 11.8. The first-order chi connectivity index (χ1) is 5.84. The van der Waals surface area contributed by atoms with Gasteiger partial charge < -0.3 is 0 Å². The van der Waals surface area contributed by atoms with Crippen molar-refractivity contribution >= 4 is 17.7 Å². The first-order valence-electron chi connectivity index (χ1n) is 4.65. The van der Waals surface area contributed by atoms with Gasteiger partial charge in [-0.25, -0.2) is 8.42 Å². The molecule has 3 nitrogen and oxygen atoms in total. The van der Waals surface area contributed by atoms with Gasteiger partial charge in [0.15, 0.2) is 0 Å². The molecule has 0 saturated carbocycles. The fraction of sp³-hybridized carbons (Fsp3) is 1.00. The second-order valence-corrected chi connectivity index (χ2v) is 11.6. The summed E-state index contributed by atoms with van der Waals surface area (Å²) in [5, 5.41) is -0.0714. The molecule has 0 unspecified atom stereocenters. The Morgan fingerprint density at radius 1 is 0.929 bits per heavy atom. The van der Waals surface area contributed by atoms with E-state index < -0.39 is 17.7 Å². The molecule has 0 rings (SSSR count). The molecular weight excluding hydrogens is 217 g/mol. The average molecular weight is 239 g/mol. The number of hydrogen-bond donors (Lipinski definition) is 0. The molecule has 0 aromatic heterocycles. The summed E-state index contributed by atoms with van der Waals surface area (Å²) in [6.45, 7) is 12.3. The number of hydrogen-bond acceptors (Lipinski definition) is 2. The molecule has 0 aromatic carbocycles. The van der Waals surface area contributed by atoms with E-state index in [-0.39, 0.29) is 10.3 Å². The minimum atomic E-state index is -3.22. The van der Waals surface area contributed by atoms with Crippen LogP contribution >= 0.6 is 7.71 Å². The molecule has 0 heterocycles. The van der Waals surface area contributed by atoms with Gasteiger partial charge in [-0.15, -0.1) is 0 Å². The van der Waals surface area contributed by atoms with E-state index in [0.29, 0.717) is 0 Å². The Balaban J connectivity index is 5.49. The average Bonchev–Trinajstić information content (AvgIpc) is 1.75. The number of nitrogens with zero attached hydrogens (tertiary/aromatic N) is 1. The van der Waals surface area contributed by atoms with Crippen molar-refractivity contribution in [2.45, 2.75) is 51.9 Å². The second kappa shape index (κ2) is 3.97. The molecule has 0 atom stereocenters. The van der Waals surface area contributed by atoms with E-state index in [9.17, 15) is 8.42 Å². The van der Waals surface area contributed by atoms with E-state index in [0.717, 1.165) is 0 Å². The van der Waals surface area contributed by atoms with Crippen molar-refractivity contribution in [1.82, 2.24) is 0 Å². The predicted molar refractivity (Wildman–Crippen MR) is 65.1 cm³/mol. The van der Waals surface area contributed by atoms with Gasteiger partial charge >= 0.3 is 0 Å². The van der Waals surface area contributed by atoms with Crippen LogP contribution in [0.15, 0.2) is 4.15 Å². The lowest BCUT2D eigenvalue weighted by Gasteiger charge is -2.33. The van der Waals surface area contributed by atoms with Crippen LogP contribution in [0, 0.1) is 0 Å². The van der Waals surface area contributed by atoms with Crippen LogP contribution < -0.4 is 0 Å². The third-order valence-corrected chi connectivity index (χ3v) is 6.58. The summed E-state index contributed by atoms with van der Waals surface area (Å²) in [5.41, 5.74) is 0. The molecule has 0 aliphatic carbocycles. The minimum absolute atomic E-state index is 0.0357. The minimum Gasteiger partial charge on any atom is -0.205 e. The maximum absolute atomic E-state index is 11.2. The van der Waals surface area contributed by atoms with Crippen LogP contribution in [0.4, 0.5) is 0 Å². The number of rotatable bonds is 1. The molecule has 0 aliphatic heterocycles. The van der Waals surface area contributed by atoms with Gasteiger partial charge in [-0.1, -0.05) is 41.5 Å². The SMILES string of the molecule is CC(C)(C)[PH](=NS(C)(=O)=O)C(C)(C)C. The van der Waals surface area contributed by atoms with Crippen molar-refractivity contribution in [1.29, 1.82) is 0 Å². The Kier molecular flexibility index (Phi) is 4.03. The molecule has 0 N–H and O–H groups in total. The molecule has 0 spiro atoms. The highest BCUT2D eigenvalue weighted by Gasteiger charge is 2.29. The van der Waals surface area contributed by atoms with Gasteiger partial charge in [-0.2, -0.15) is 4.15 Å². The van der Waals surface area contributed by atoms with Crippen molar-refractivity contribution in [2.24, 2.45) is 4.15 Å². The van der Waals surface area contributed by atoms with E-state index in [1.807, 2.05) is 0 Å². The van der Waals surface area contributed by atoms with E-state index in [4.69, 9.17) is 0 Å². The zero-order valence-corrected chi connectivity index (χ0v) is 12.0. The third-order valence-electron chi connectivity index (χ3n) is 1.68. The molecule has 0 radical (unpaired) electrons. The van der Waals surface area contributed by atoms with Crippen molar-refractivity contribution in [2.75, 3.05) is 6.26 Å². The molecule has 86 valence electrons. The van der Waals surface area contributed by atoms with Crippen molar-refractivity contribution < 1.29 is 8.42 Å². The van der Waals surface area contributed by atoms with Crippen molar-refractivity contribution in [3.63, 3.8) is 0 Å². The van der Waals surface area contributed by atoms with Gasteiger partial charge in [0.05, 0.1) is 6.26 Å². The summed E-state index contributed by atoms with van der Waals surface area (Å²) < 4.78 is 26.4. The van der Waals surface area contributed by atoms with Gasteiger partial charge in [-0.3, -0.25) is 0 Å². The Hall–Kier alpha value is 0.180. The summed E-state index contributed by atoms with van der Waals surface area (Å²) in [5.74, 6) is 0. The molecule has 0 amide bonds. The molecular formula is C9H22NO2PS. The smallest absolute Gasteiger partial charge is 0.205 e. The van der Waals surface area contributed by atoms with Crippen LogP contribution in [0.25, 0.3) is 0 Å². The summed E-state index contributed by atoms with van der Waals surface area (Å²) in [6, 6.07) is 0. The quantitative estimate of drug-likeness (QED) is 0.660. The maximum atomic E-state index is 11.2. The largest absolute Gasteiger partial charge is 0.248 e. The van der Waals surface area contributed by atoms with Crippen LogP contribution in [-0.2, 0) is 10.0 Å². The van der Waals surface area contributed by atoms with Crippen LogP contribution in [0.5, 0.6) is 0 Å². The molecule has 0 fully saturated rings. The maximum Gasteiger partial charge on any atom is 0.248 e. The Morgan fingerprint density at radius 2 is 1.21 bits per heavy atom. The number of sulfonamides is 1. The molecule has 0 aliphatic rings. The lowest BCUT2D eigenvalue weighted by Crippen LogP contribution is -2.21. The van der Waals surface area contributed by atoms with Crippen LogP contribution in [-0.4, -0.2) is 25.0 Å². The summed E-state index contributed by atoms with van der Waals surface area (Å²) in [7, 11) is -4.52. The van der Waals surface area contributed by atoms with Gasteiger partial charge in [0.25, 0.3) is 0 Å². The van der Waals surface area contributed by atoms with Gasteiger partial charge in [0, 0.05) is 0 Å². The third kappa shape index (κ3) is 5.16. The highest BCUT2D eigenvalue weighted by molar-refractivity contribution is 7.92. The standard InChI is InChI=1S/C9H22NO2PS/c1-8(2,3)13(9(4,5)6)10-14(7,11)12/h13H,1-7H3. The summed E-state index contributed by atoms with van der Waals surface area (Å²) in [4.78, 5) is 0. The molecule has 14 heavy (non-hydrogen) atoms. The van der Waals surface area contributed by atoms with E-state index in [2.05, 4.69) is 45.7 Å². The Morgan fingerprint density at radius 3 is 1.29 bits per heavy atom. The van der Waals surface area contributed by atoms with Crippen molar-refractivity contribution in [3.05, 3.63) is 0 Å². The molecule has 0 bridgehead atoms. The van der Waals surface area contributed by atoms with Crippen LogP contribution in [0.1, 0.15) is 41.5 Å². The monoisotopic (exact) mass is 239 g/mol. The highest BCUT2D eigenvalue weighted by atomic mass is 32.2. The second-order valence-electron chi connectivity index (χ2n) is 5.67. The van der Waals surface area contributed by atoms with Crippen molar-refractivity contribution in [3.8, 4) is 0 Å². The predicted octanol–water partition coefficient (Wildman–Crippen LogP) is 2.94. The first kappa shape index (κ1) is 14.2. The molecule has 0 aromatic rings. The van der Waals surface area contributed by atoms with Gasteiger partial charge in [0.2, 0.25) is 10.0 Å². The van der Waals surface area contributed by atoms with E-state index in [1.54, 1.807) is 0 Å². The lowest BCUT2D eigenvalue weighted by molar-refractivity contribution is 0.603. The highest BCUT2D eigenvalue weighted by Crippen LogP contribution is 2.52. The van der Waals surface area contributed by atoms with E-state index in [1.165, 1.54) is 6.26 Å². The van der Waals surface area contributed by atoms with E-state index >= 15 is 0 Å². The normalized spacial score (nSPS) is 14.6. The van der Waals surface area contributed by atoms with Gasteiger partial charge in [-0.05, 0) is 18.0 Å². The van der Waals surface area contributed by atoms with Crippen LogP contribution in [0.3, 0.4) is 0 Å². The fourth-order valence-corrected chi connectivity index (χ4v) is 7.33. The topological polar surface area (TPSA) is 46.5 Å². The summed E-state index contributed by atoms with van der Waals surface area (Å²) >= 11 is 0. The fourth-order valence-electron chi connectivity index (χ4n) is 1.56. The summed E-state index contributed by atoms with van der Waals surface area (Å²) in [6.07, 6.45) is 1.18.